The van der Waals surface area contributed by atoms with Crippen molar-refractivity contribution < 1.29 is 14.6 Å². The van der Waals surface area contributed by atoms with Crippen LogP contribution in [0.4, 0.5) is 11.4 Å². The zero-order valence-electron chi connectivity index (χ0n) is 10.6. The molecule has 1 amide bonds. The van der Waals surface area contributed by atoms with Crippen molar-refractivity contribution in [2.24, 2.45) is 0 Å². The number of nitrogens with two attached hydrogens (primary N) is 1. The molecule has 6 nitrogen and oxygen atoms in total. The molecule has 18 heavy (non-hydrogen) atoms. The van der Waals surface area contributed by atoms with E-state index < -0.39 is 0 Å². The lowest BCUT2D eigenvalue weighted by molar-refractivity contribution is -0.117. The second-order valence-corrected chi connectivity index (χ2v) is 3.96. The predicted octanol–water partition coefficient (Wildman–Crippen LogP) is 0.140. The molecule has 0 heterocycles. The summed E-state index contributed by atoms with van der Waals surface area (Å²) in [5, 5.41) is 11.4. The lowest BCUT2D eigenvalue weighted by atomic mass is 10.2. The van der Waals surface area contributed by atoms with Crippen molar-refractivity contribution >= 4 is 17.3 Å². The van der Waals surface area contributed by atoms with Crippen LogP contribution in [0.3, 0.4) is 0 Å². The SMILES string of the molecule is COc1ccc(NC(=O)CN(C)CCO)c(N)c1. The van der Waals surface area contributed by atoms with E-state index in [-0.39, 0.29) is 19.1 Å². The Hall–Kier alpha value is -1.79. The molecule has 0 atom stereocenters. The summed E-state index contributed by atoms with van der Waals surface area (Å²) in [7, 11) is 3.31. The largest absolute Gasteiger partial charge is 0.497 e. The Kier molecular flexibility index (Phi) is 5.41. The van der Waals surface area contributed by atoms with Gasteiger partial charge in [-0.05, 0) is 19.2 Å². The number of rotatable bonds is 6. The number of carbonyl (C=O) groups is 1. The Morgan fingerprint density at radius 2 is 2.28 bits per heavy atom. The van der Waals surface area contributed by atoms with E-state index in [1.165, 1.54) is 0 Å². The van der Waals surface area contributed by atoms with E-state index in [9.17, 15) is 4.79 Å². The van der Waals surface area contributed by atoms with Crippen molar-refractivity contribution in [2.45, 2.75) is 0 Å². The van der Waals surface area contributed by atoms with E-state index in [2.05, 4.69) is 5.32 Å². The van der Waals surface area contributed by atoms with Crippen molar-refractivity contribution in [3.8, 4) is 5.75 Å². The first-order valence-electron chi connectivity index (χ1n) is 5.59. The summed E-state index contributed by atoms with van der Waals surface area (Å²) in [4.78, 5) is 13.4. The van der Waals surface area contributed by atoms with Gasteiger partial charge in [-0.3, -0.25) is 9.69 Å². The highest BCUT2D eigenvalue weighted by Gasteiger charge is 2.08. The van der Waals surface area contributed by atoms with Gasteiger partial charge in [-0.1, -0.05) is 0 Å². The Morgan fingerprint density at radius 1 is 1.56 bits per heavy atom. The van der Waals surface area contributed by atoms with Gasteiger partial charge < -0.3 is 20.9 Å². The number of anilines is 2. The minimum atomic E-state index is -0.178. The maximum atomic E-state index is 11.7. The standard InChI is InChI=1S/C12H19N3O3/c1-15(5-6-16)8-12(17)14-11-4-3-9(18-2)7-10(11)13/h3-4,7,16H,5-6,8,13H2,1-2H3,(H,14,17). The first-order valence-corrected chi connectivity index (χ1v) is 5.59. The number of hydrogen-bond acceptors (Lipinski definition) is 5. The van der Waals surface area contributed by atoms with Gasteiger partial charge in [0.2, 0.25) is 5.91 Å². The number of likely N-dealkylation sites (N-methyl/N-ethyl adjacent to an activating group) is 1. The zero-order valence-corrected chi connectivity index (χ0v) is 10.6. The van der Waals surface area contributed by atoms with Gasteiger partial charge in [-0.15, -0.1) is 0 Å². The summed E-state index contributed by atoms with van der Waals surface area (Å²) >= 11 is 0. The van der Waals surface area contributed by atoms with Crippen molar-refractivity contribution in [3.63, 3.8) is 0 Å². The third-order valence-corrected chi connectivity index (χ3v) is 2.43. The quantitative estimate of drug-likeness (QED) is 0.628. The van der Waals surface area contributed by atoms with Crippen LogP contribution < -0.4 is 15.8 Å². The summed E-state index contributed by atoms with van der Waals surface area (Å²) in [6.45, 7) is 0.673. The monoisotopic (exact) mass is 253 g/mol. The van der Waals surface area contributed by atoms with Crippen LogP contribution in [0, 0.1) is 0 Å². The molecule has 0 aliphatic rings. The fourth-order valence-corrected chi connectivity index (χ4v) is 1.47. The summed E-state index contributed by atoms with van der Waals surface area (Å²) < 4.78 is 5.02. The van der Waals surface area contributed by atoms with Crippen LogP contribution in [0.2, 0.25) is 0 Å². The number of aliphatic hydroxyl groups excluding tert-OH is 1. The highest BCUT2D eigenvalue weighted by atomic mass is 16.5. The molecule has 100 valence electrons. The average Bonchev–Trinajstić information content (AvgIpc) is 2.31. The molecule has 0 saturated carbocycles. The van der Waals surface area contributed by atoms with Crippen LogP contribution in [0.25, 0.3) is 0 Å². The first-order chi connectivity index (χ1) is 8.56. The van der Waals surface area contributed by atoms with E-state index in [0.717, 1.165) is 0 Å². The first kappa shape index (κ1) is 14.3. The molecule has 0 spiro atoms. The predicted molar refractivity (Wildman–Crippen MR) is 70.6 cm³/mol. The number of ether oxygens (including phenoxy) is 1. The van der Waals surface area contributed by atoms with Crippen molar-refractivity contribution in [2.75, 3.05) is 44.9 Å². The molecule has 0 radical (unpaired) electrons. The van der Waals surface area contributed by atoms with Crippen molar-refractivity contribution in [1.29, 1.82) is 0 Å². The summed E-state index contributed by atoms with van der Waals surface area (Å²) in [6, 6.07) is 5.06. The van der Waals surface area contributed by atoms with Gasteiger partial charge in [-0.25, -0.2) is 0 Å². The number of nitrogen functional groups attached to an aromatic ring is 1. The maximum Gasteiger partial charge on any atom is 0.238 e. The summed E-state index contributed by atoms with van der Waals surface area (Å²) in [6.07, 6.45) is 0. The molecule has 0 aliphatic heterocycles. The lowest BCUT2D eigenvalue weighted by Gasteiger charge is -2.15. The van der Waals surface area contributed by atoms with Crippen LogP contribution in [0.1, 0.15) is 0 Å². The number of nitrogens with zero attached hydrogens (tertiary/aromatic N) is 1. The number of methoxy groups -OCH3 is 1. The number of hydrogen-bond donors (Lipinski definition) is 3. The Bertz CT molecular complexity index is 410. The van der Waals surface area contributed by atoms with Crippen molar-refractivity contribution in [3.05, 3.63) is 18.2 Å². The van der Waals surface area contributed by atoms with Crippen LogP contribution in [-0.2, 0) is 4.79 Å². The molecule has 0 saturated heterocycles. The smallest absolute Gasteiger partial charge is 0.238 e. The Labute approximate surface area is 106 Å². The molecule has 0 aromatic heterocycles. The van der Waals surface area contributed by atoms with E-state index in [0.29, 0.717) is 23.7 Å². The highest BCUT2D eigenvalue weighted by molar-refractivity contribution is 5.95. The molecule has 0 bridgehead atoms. The van der Waals surface area contributed by atoms with Gasteiger partial charge in [0, 0.05) is 12.6 Å². The number of carbonyl (C=O) groups excluding carboxylic acids is 1. The minimum absolute atomic E-state index is 0.0223. The number of nitrogens with one attached hydrogen (secondary N) is 1. The topological polar surface area (TPSA) is 87.8 Å². The molecule has 0 unspecified atom stereocenters. The van der Waals surface area contributed by atoms with Gasteiger partial charge in [0.05, 0.1) is 31.6 Å². The van der Waals surface area contributed by atoms with Crippen LogP contribution in [-0.4, -0.2) is 49.8 Å². The van der Waals surface area contributed by atoms with E-state index >= 15 is 0 Å². The fraction of sp³-hybridized carbons (Fsp3) is 0.417. The second-order valence-electron chi connectivity index (χ2n) is 3.96. The van der Waals surface area contributed by atoms with E-state index in [1.54, 1.807) is 37.3 Å². The number of amides is 1. The van der Waals surface area contributed by atoms with Crippen LogP contribution in [0.15, 0.2) is 18.2 Å². The number of benzene rings is 1. The van der Waals surface area contributed by atoms with Crippen LogP contribution in [0.5, 0.6) is 5.75 Å². The Morgan fingerprint density at radius 3 is 2.83 bits per heavy atom. The molecule has 6 heteroatoms. The third-order valence-electron chi connectivity index (χ3n) is 2.43. The molecule has 4 N–H and O–H groups in total. The molecule has 0 aliphatic carbocycles. The van der Waals surface area contributed by atoms with Crippen LogP contribution >= 0.6 is 0 Å². The average molecular weight is 253 g/mol. The fourth-order valence-electron chi connectivity index (χ4n) is 1.47. The highest BCUT2D eigenvalue weighted by Crippen LogP contribution is 2.23. The lowest BCUT2D eigenvalue weighted by Crippen LogP contribution is -2.32. The molecule has 0 fully saturated rings. The van der Waals surface area contributed by atoms with Gasteiger partial charge >= 0.3 is 0 Å². The normalized spacial score (nSPS) is 10.4. The van der Waals surface area contributed by atoms with Gasteiger partial charge in [0.25, 0.3) is 0 Å². The molecule has 1 aromatic carbocycles. The maximum absolute atomic E-state index is 11.7. The van der Waals surface area contributed by atoms with Crippen molar-refractivity contribution in [1.82, 2.24) is 4.90 Å². The summed E-state index contributed by atoms with van der Waals surface area (Å²) in [5.41, 5.74) is 6.79. The molecular formula is C12H19N3O3. The van der Waals surface area contributed by atoms with Gasteiger partial charge in [0.1, 0.15) is 5.75 Å². The zero-order chi connectivity index (χ0) is 13.5. The van der Waals surface area contributed by atoms with Gasteiger partial charge in [-0.2, -0.15) is 0 Å². The second kappa shape index (κ2) is 6.83. The molecule has 1 aromatic rings. The molecular weight excluding hydrogens is 234 g/mol. The van der Waals surface area contributed by atoms with E-state index in [1.807, 2.05) is 0 Å². The molecule has 1 rings (SSSR count). The Balaban J connectivity index is 2.59. The minimum Gasteiger partial charge on any atom is -0.497 e. The van der Waals surface area contributed by atoms with E-state index in [4.69, 9.17) is 15.6 Å². The summed E-state index contributed by atoms with van der Waals surface area (Å²) in [5.74, 6) is 0.464. The number of aliphatic hydroxyl groups is 1. The van der Waals surface area contributed by atoms with Gasteiger partial charge in [0.15, 0.2) is 0 Å². The third kappa shape index (κ3) is 4.23.